The van der Waals surface area contributed by atoms with E-state index in [1.807, 2.05) is 6.92 Å². The fourth-order valence-corrected chi connectivity index (χ4v) is 2.06. The highest BCUT2D eigenvalue weighted by Gasteiger charge is 2.18. The van der Waals surface area contributed by atoms with Crippen molar-refractivity contribution >= 4 is 17.1 Å². The zero-order chi connectivity index (χ0) is 13.1. The fraction of sp³-hybridized carbons (Fsp3) is 0.583. The lowest BCUT2D eigenvalue weighted by molar-refractivity contribution is 0.166. The van der Waals surface area contributed by atoms with E-state index in [1.165, 1.54) is 0 Å². The number of H-pyrrole nitrogens is 1. The van der Waals surface area contributed by atoms with Crippen LogP contribution in [-0.2, 0) is 4.74 Å². The van der Waals surface area contributed by atoms with Crippen molar-refractivity contribution in [1.29, 1.82) is 0 Å². The van der Waals surface area contributed by atoms with Gasteiger partial charge in [-0.05, 0) is 13.3 Å². The van der Waals surface area contributed by atoms with Crippen molar-refractivity contribution in [1.82, 2.24) is 19.9 Å². The Bertz CT molecular complexity index is 550. The lowest BCUT2D eigenvalue weighted by Crippen LogP contribution is -2.13. The fourth-order valence-electron chi connectivity index (χ4n) is 2.06. The molecule has 0 saturated carbocycles. The van der Waals surface area contributed by atoms with E-state index >= 15 is 0 Å². The third kappa shape index (κ3) is 2.60. The third-order valence-corrected chi connectivity index (χ3v) is 3.07. The van der Waals surface area contributed by atoms with Gasteiger partial charge in [-0.15, -0.1) is 0 Å². The molecule has 1 aliphatic rings. The summed E-state index contributed by atoms with van der Waals surface area (Å²) in [6.07, 6.45) is 2.64. The largest absolute Gasteiger partial charge is 0.476 e. The molecule has 0 amide bonds. The molecule has 102 valence electrons. The summed E-state index contributed by atoms with van der Waals surface area (Å²) >= 11 is 0. The summed E-state index contributed by atoms with van der Waals surface area (Å²) in [7, 11) is 0. The van der Waals surface area contributed by atoms with Crippen LogP contribution >= 0.6 is 0 Å². The first-order chi connectivity index (χ1) is 9.36. The van der Waals surface area contributed by atoms with Gasteiger partial charge < -0.3 is 19.8 Å². The van der Waals surface area contributed by atoms with Gasteiger partial charge in [-0.2, -0.15) is 9.97 Å². The molecule has 0 radical (unpaired) electrons. The Labute approximate surface area is 110 Å². The van der Waals surface area contributed by atoms with Crippen molar-refractivity contribution < 1.29 is 9.47 Å². The van der Waals surface area contributed by atoms with Gasteiger partial charge in [0.25, 0.3) is 0 Å². The quantitative estimate of drug-likeness (QED) is 0.843. The summed E-state index contributed by atoms with van der Waals surface area (Å²) in [5, 5.41) is 3.08. The molecular formula is C12H17N5O2. The number of ether oxygens (including phenoxy) is 2. The van der Waals surface area contributed by atoms with Crippen LogP contribution in [-0.4, -0.2) is 46.3 Å². The Kier molecular flexibility index (Phi) is 3.45. The number of aromatic nitrogens is 4. The van der Waals surface area contributed by atoms with Crippen LogP contribution in [0.5, 0.6) is 5.88 Å². The summed E-state index contributed by atoms with van der Waals surface area (Å²) in [5.74, 6) is 1.53. The van der Waals surface area contributed by atoms with Crippen molar-refractivity contribution in [3.63, 3.8) is 0 Å². The van der Waals surface area contributed by atoms with E-state index in [1.54, 1.807) is 6.33 Å². The summed E-state index contributed by atoms with van der Waals surface area (Å²) < 4.78 is 11.1. The summed E-state index contributed by atoms with van der Waals surface area (Å²) in [4.78, 5) is 15.8. The van der Waals surface area contributed by atoms with E-state index in [-0.39, 0.29) is 0 Å². The maximum absolute atomic E-state index is 5.81. The molecule has 1 unspecified atom stereocenters. The molecule has 1 atom stereocenters. The Hall–Kier alpha value is -1.89. The Balaban J connectivity index is 1.80. The van der Waals surface area contributed by atoms with Crippen LogP contribution in [0.25, 0.3) is 11.2 Å². The molecule has 1 saturated heterocycles. The maximum Gasteiger partial charge on any atom is 0.245 e. The van der Waals surface area contributed by atoms with Gasteiger partial charge in [-0.25, -0.2) is 4.98 Å². The van der Waals surface area contributed by atoms with Gasteiger partial charge in [0.05, 0.1) is 19.5 Å². The first kappa shape index (κ1) is 12.2. The number of fused-ring (bicyclic) bond motifs is 1. The number of hydrogen-bond acceptors (Lipinski definition) is 6. The number of aromatic amines is 1. The van der Waals surface area contributed by atoms with Crippen LogP contribution in [0, 0.1) is 5.92 Å². The Morgan fingerprint density at radius 3 is 3.26 bits per heavy atom. The van der Waals surface area contributed by atoms with Crippen molar-refractivity contribution in [2.45, 2.75) is 13.3 Å². The first-order valence-corrected chi connectivity index (χ1v) is 6.52. The molecule has 1 aliphatic heterocycles. The molecule has 1 fully saturated rings. The van der Waals surface area contributed by atoms with Crippen molar-refractivity contribution in [3.05, 3.63) is 6.33 Å². The predicted octanol–water partition coefficient (Wildman–Crippen LogP) is 1.20. The molecule has 2 N–H and O–H groups in total. The number of rotatable bonds is 5. The zero-order valence-corrected chi connectivity index (χ0v) is 10.8. The second kappa shape index (κ2) is 5.40. The number of imidazole rings is 1. The molecule has 7 heteroatoms. The minimum absolute atomic E-state index is 0.440. The van der Waals surface area contributed by atoms with E-state index < -0.39 is 0 Å². The van der Waals surface area contributed by atoms with Gasteiger partial charge in [-0.3, -0.25) is 0 Å². The number of anilines is 1. The van der Waals surface area contributed by atoms with Gasteiger partial charge in [0, 0.05) is 19.1 Å². The predicted molar refractivity (Wildman–Crippen MR) is 70.3 cm³/mol. The minimum atomic E-state index is 0.440. The van der Waals surface area contributed by atoms with Crippen LogP contribution < -0.4 is 10.1 Å². The highest BCUT2D eigenvalue weighted by Crippen LogP contribution is 2.22. The zero-order valence-electron chi connectivity index (χ0n) is 10.8. The Morgan fingerprint density at radius 1 is 1.53 bits per heavy atom. The van der Waals surface area contributed by atoms with Gasteiger partial charge in [0.2, 0.25) is 11.8 Å². The third-order valence-electron chi connectivity index (χ3n) is 3.07. The van der Waals surface area contributed by atoms with Crippen LogP contribution in [0.3, 0.4) is 0 Å². The van der Waals surface area contributed by atoms with Crippen molar-refractivity contribution in [2.24, 2.45) is 5.92 Å². The summed E-state index contributed by atoms with van der Waals surface area (Å²) in [6, 6.07) is 0. The van der Waals surface area contributed by atoms with E-state index in [4.69, 9.17) is 9.47 Å². The normalized spacial score (nSPS) is 18.9. The topological polar surface area (TPSA) is 85.0 Å². The molecule has 19 heavy (non-hydrogen) atoms. The van der Waals surface area contributed by atoms with Crippen LogP contribution in [0.2, 0.25) is 0 Å². The van der Waals surface area contributed by atoms with Crippen LogP contribution in [0.1, 0.15) is 13.3 Å². The second-order valence-electron chi connectivity index (χ2n) is 4.52. The van der Waals surface area contributed by atoms with Gasteiger partial charge in [0.1, 0.15) is 5.52 Å². The highest BCUT2D eigenvalue weighted by molar-refractivity contribution is 5.76. The molecule has 0 spiro atoms. The lowest BCUT2D eigenvalue weighted by Gasteiger charge is -2.11. The van der Waals surface area contributed by atoms with Gasteiger partial charge >= 0.3 is 0 Å². The van der Waals surface area contributed by atoms with Crippen molar-refractivity contribution in [2.75, 3.05) is 31.7 Å². The molecule has 2 aromatic rings. The molecule has 3 heterocycles. The molecule has 7 nitrogen and oxygen atoms in total. The van der Waals surface area contributed by atoms with Gasteiger partial charge in [-0.1, -0.05) is 0 Å². The van der Waals surface area contributed by atoms with E-state index in [9.17, 15) is 0 Å². The SMILES string of the molecule is CCNc1nc(OCC2CCOC2)c2[nH]cnc2n1. The van der Waals surface area contributed by atoms with E-state index in [0.29, 0.717) is 30.0 Å². The number of hydrogen-bond donors (Lipinski definition) is 2. The second-order valence-corrected chi connectivity index (χ2v) is 4.52. The summed E-state index contributed by atoms with van der Waals surface area (Å²) in [6.45, 7) is 4.94. The van der Waals surface area contributed by atoms with Gasteiger partial charge in [0.15, 0.2) is 5.65 Å². The average molecular weight is 263 g/mol. The number of nitrogens with one attached hydrogen (secondary N) is 2. The number of nitrogens with zero attached hydrogens (tertiary/aromatic N) is 3. The molecule has 3 rings (SSSR count). The first-order valence-electron chi connectivity index (χ1n) is 6.52. The smallest absolute Gasteiger partial charge is 0.245 e. The maximum atomic E-state index is 5.81. The molecule has 0 aliphatic carbocycles. The van der Waals surface area contributed by atoms with E-state index in [2.05, 4.69) is 25.3 Å². The molecule has 0 aromatic carbocycles. The minimum Gasteiger partial charge on any atom is -0.476 e. The molecular weight excluding hydrogens is 246 g/mol. The highest BCUT2D eigenvalue weighted by atomic mass is 16.5. The standard InChI is InChI=1S/C12H17N5O2/c1-2-13-12-16-10-9(14-7-15-10)11(17-12)19-6-8-3-4-18-5-8/h7-8H,2-6H2,1H3,(H2,13,14,15,16,17). The van der Waals surface area contributed by atoms with Crippen molar-refractivity contribution in [3.8, 4) is 5.88 Å². The Morgan fingerprint density at radius 2 is 2.47 bits per heavy atom. The average Bonchev–Trinajstić information content (AvgIpc) is 3.07. The molecule has 0 bridgehead atoms. The lowest BCUT2D eigenvalue weighted by atomic mass is 10.1. The molecule has 2 aromatic heterocycles. The van der Waals surface area contributed by atoms with E-state index in [0.717, 1.165) is 31.7 Å². The summed E-state index contributed by atoms with van der Waals surface area (Å²) in [5.41, 5.74) is 1.35. The monoisotopic (exact) mass is 263 g/mol. The van der Waals surface area contributed by atoms with Crippen LogP contribution in [0.15, 0.2) is 6.33 Å². The van der Waals surface area contributed by atoms with Crippen LogP contribution in [0.4, 0.5) is 5.95 Å².